The number of amides is 2. The molecule has 0 saturated carbocycles. The van der Waals surface area contributed by atoms with Crippen LogP contribution in [0.4, 0.5) is 5.69 Å². The molecule has 0 aliphatic rings. The summed E-state index contributed by atoms with van der Waals surface area (Å²) in [5.74, 6) is -0.741. The summed E-state index contributed by atoms with van der Waals surface area (Å²) in [4.78, 5) is 27.6. The molecule has 2 aromatic carbocycles. The molecule has 8 heteroatoms. The zero-order chi connectivity index (χ0) is 24.1. The minimum atomic E-state index is -3.72. The molecule has 0 aliphatic carbocycles. The van der Waals surface area contributed by atoms with Crippen LogP contribution >= 0.6 is 0 Å². The molecular formula is C24H33N3O4S. The van der Waals surface area contributed by atoms with Crippen LogP contribution in [0.15, 0.2) is 48.5 Å². The maximum Gasteiger partial charge on any atom is 0.244 e. The highest BCUT2D eigenvalue weighted by molar-refractivity contribution is 7.92. The normalized spacial score (nSPS) is 12.3. The van der Waals surface area contributed by atoms with Gasteiger partial charge in [-0.25, -0.2) is 8.42 Å². The van der Waals surface area contributed by atoms with Crippen molar-refractivity contribution in [1.29, 1.82) is 0 Å². The van der Waals surface area contributed by atoms with Gasteiger partial charge in [-0.05, 0) is 63.4 Å². The van der Waals surface area contributed by atoms with Crippen molar-refractivity contribution < 1.29 is 18.0 Å². The third kappa shape index (κ3) is 6.82. The van der Waals surface area contributed by atoms with Crippen LogP contribution in [0.5, 0.6) is 0 Å². The van der Waals surface area contributed by atoms with Crippen molar-refractivity contribution in [1.82, 2.24) is 10.2 Å². The predicted octanol–water partition coefficient (Wildman–Crippen LogP) is 3.01. The average Bonchev–Trinajstić information content (AvgIpc) is 2.69. The Bertz CT molecular complexity index is 1070. The van der Waals surface area contributed by atoms with Crippen LogP contribution in [0, 0.1) is 13.8 Å². The lowest BCUT2D eigenvalue weighted by Gasteiger charge is -2.32. The molecule has 2 amide bonds. The number of anilines is 1. The van der Waals surface area contributed by atoms with Gasteiger partial charge >= 0.3 is 0 Å². The Morgan fingerprint density at radius 3 is 2.22 bits per heavy atom. The van der Waals surface area contributed by atoms with Gasteiger partial charge in [-0.15, -0.1) is 0 Å². The summed E-state index contributed by atoms with van der Waals surface area (Å²) < 4.78 is 26.2. The molecule has 0 bridgehead atoms. The fourth-order valence-corrected chi connectivity index (χ4v) is 4.20. The van der Waals surface area contributed by atoms with E-state index >= 15 is 0 Å². The van der Waals surface area contributed by atoms with E-state index < -0.39 is 28.5 Å². The van der Waals surface area contributed by atoms with Gasteiger partial charge in [0.1, 0.15) is 12.6 Å². The molecule has 0 spiro atoms. The molecule has 0 unspecified atom stereocenters. The summed E-state index contributed by atoms with van der Waals surface area (Å²) in [5.41, 5.74) is 3.17. The van der Waals surface area contributed by atoms with Crippen LogP contribution in [0.25, 0.3) is 0 Å². The van der Waals surface area contributed by atoms with Gasteiger partial charge in [0, 0.05) is 12.6 Å². The molecule has 0 radical (unpaired) electrons. The number of sulfonamides is 1. The summed E-state index contributed by atoms with van der Waals surface area (Å²) in [5, 5.41) is 2.84. The number of hydrogen-bond donors (Lipinski definition) is 1. The smallest absolute Gasteiger partial charge is 0.244 e. The molecule has 174 valence electrons. The van der Waals surface area contributed by atoms with E-state index in [4.69, 9.17) is 0 Å². The van der Waals surface area contributed by atoms with Crippen molar-refractivity contribution in [2.24, 2.45) is 0 Å². The second kappa shape index (κ2) is 10.6. The number of benzene rings is 2. The Morgan fingerprint density at radius 1 is 1.00 bits per heavy atom. The Morgan fingerprint density at radius 2 is 1.66 bits per heavy atom. The molecular weight excluding hydrogens is 426 g/mol. The highest BCUT2D eigenvalue weighted by atomic mass is 32.2. The summed E-state index contributed by atoms with van der Waals surface area (Å²) in [6.07, 6.45) is 1.07. The minimum Gasteiger partial charge on any atom is -0.352 e. The number of carbonyl (C=O) groups is 2. The molecule has 0 fully saturated rings. The van der Waals surface area contributed by atoms with Crippen molar-refractivity contribution in [3.63, 3.8) is 0 Å². The first-order valence-electron chi connectivity index (χ1n) is 10.6. The second-order valence-electron chi connectivity index (χ2n) is 8.40. The van der Waals surface area contributed by atoms with Crippen LogP contribution < -0.4 is 9.62 Å². The van der Waals surface area contributed by atoms with Gasteiger partial charge in [0.25, 0.3) is 0 Å². The lowest BCUT2D eigenvalue weighted by molar-refractivity contribution is -0.139. The lowest BCUT2D eigenvalue weighted by Crippen LogP contribution is -2.52. The zero-order valence-corrected chi connectivity index (χ0v) is 20.4. The fourth-order valence-electron chi connectivity index (χ4n) is 3.36. The fraction of sp³-hybridized carbons (Fsp3) is 0.417. The molecule has 0 saturated heterocycles. The monoisotopic (exact) mass is 459 g/mol. The van der Waals surface area contributed by atoms with E-state index in [9.17, 15) is 18.0 Å². The van der Waals surface area contributed by atoms with Crippen LogP contribution in [-0.4, -0.2) is 50.0 Å². The van der Waals surface area contributed by atoms with Crippen molar-refractivity contribution in [2.75, 3.05) is 17.1 Å². The Kier molecular flexibility index (Phi) is 8.44. The maximum absolute atomic E-state index is 13.4. The first kappa shape index (κ1) is 25.4. The lowest BCUT2D eigenvalue weighted by atomic mass is 10.1. The third-order valence-corrected chi connectivity index (χ3v) is 6.31. The largest absolute Gasteiger partial charge is 0.352 e. The van der Waals surface area contributed by atoms with Gasteiger partial charge in [0.2, 0.25) is 21.8 Å². The standard InChI is InChI=1S/C24H33N3O4S/c1-17(2)25-24(29)20(5)26(15-21-12-8-7-11-19(21)4)23(28)16-27(32(6,30)31)22-13-9-10-18(3)14-22/h7-14,17,20H,15-16H2,1-6H3,(H,25,29)/t20-/m0/s1. The summed E-state index contributed by atoms with van der Waals surface area (Å²) in [6, 6.07) is 13.7. The molecule has 7 nitrogen and oxygen atoms in total. The van der Waals surface area contributed by atoms with Crippen LogP contribution in [0.2, 0.25) is 0 Å². The molecule has 0 aliphatic heterocycles. The zero-order valence-electron chi connectivity index (χ0n) is 19.6. The number of nitrogens with one attached hydrogen (secondary N) is 1. The quantitative estimate of drug-likeness (QED) is 0.625. The molecule has 32 heavy (non-hydrogen) atoms. The van der Waals surface area contributed by atoms with Gasteiger partial charge in [-0.3, -0.25) is 13.9 Å². The SMILES string of the molecule is Cc1cccc(N(CC(=O)N(Cc2ccccc2C)[C@@H](C)C(=O)NC(C)C)S(C)(=O)=O)c1. The topological polar surface area (TPSA) is 86.8 Å². The molecule has 2 rings (SSSR count). The predicted molar refractivity (Wildman–Crippen MR) is 128 cm³/mol. The number of nitrogens with zero attached hydrogens (tertiary/aromatic N) is 2. The molecule has 0 aromatic heterocycles. The first-order valence-corrected chi connectivity index (χ1v) is 12.4. The van der Waals surface area contributed by atoms with Crippen LogP contribution in [-0.2, 0) is 26.2 Å². The highest BCUT2D eigenvalue weighted by Gasteiger charge is 2.30. The second-order valence-corrected chi connectivity index (χ2v) is 10.3. The van der Waals surface area contributed by atoms with Crippen molar-refractivity contribution in [3.8, 4) is 0 Å². The highest BCUT2D eigenvalue weighted by Crippen LogP contribution is 2.20. The van der Waals surface area contributed by atoms with Gasteiger partial charge < -0.3 is 10.2 Å². The van der Waals surface area contributed by atoms with E-state index in [1.807, 2.05) is 58.0 Å². The van der Waals surface area contributed by atoms with E-state index in [2.05, 4.69) is 5.32 Å². The van der Waals surface area contributed by atoms with E-state index in [-0.39, 0.29) is 18.5 Å². The minimum absolute atomic E-state index is 0.0832. The molecule has 1 atom stereocenters. The molecule has 0 heterocycles. The van der Waals surface area contributed by atoms with E-state index in [1.54, 1.807) is 25.1 Å². The molecule has 2 aromatic rings. The molecule has 1 N–H and O–H groups in total. The van der Waals surface area contributed by atoms with Crippen molar-refractivity contribution in [2.45, 2.75) is 53.2 Å². The maximum atomic E-state index is 13.4. The number of aryl methyl sites for hydroxylation is 2. The summed E-state index contributed by atoms with van der Waals surface area (Å²) >= 11 is 0. The number of carbonyl (C=O) groups excluding carboxylic acids is 2. The van der Waals surface area contributed by atoms with E-state index in [0.29, 0.717) is 5.69 Å². The Labute approximate surface area is 191 Å². The Balaban J connectivity index is 2.40. The van der Waals surface area contributed by atoms with E-state index in [1.165, 1.54) is 4.90 Å². The van der Waals surface area contributed by atoms with Crippen LogP contribution in [0.3, 0.4) is 0 Å². The van der Waals surface area contributed by atoms with Crippen LogP contribution in [0.1, 0.15) is 37.5 Å². The van der Waals surface area contributed by atoms with Crippen molar-refractivity contribution >= 4 is 27.5 Å². The number of hydrogen-bond acceptors (Lipinski definition) is 4. The third-order valence-electron chi connectivity index (χ3n) is 5.17. The Hall–Kier alpha value is -2.87. The van der Waals surface area contributed by atoms with Gasteiger partial charge in [0.05, 0.1) is 11.9 Å². The summed E-state index contributed by atoms with van der Waals surface area (Å²) in [7, 11) is -3.72. The van der Waals surface area contributed by atoms with Gasteiger partial charge in [-0.1, -0.05) is 36.4 Å². The van der Waals surface area contributed by atoms with Gasteiger partial charge in [0.15, 0.2) is 0 Å². The average molecular weight is 460 g/mol. The van der Waals surface area contributed by atoms with Crippen molar-refractivity contribution in [3.05, 3.63) is 65.2 Å². The first-order chi connectivity index (χ1) is 14.9. The van der Waals surface area contributed by atoms with E-state index in [0.717, 1.165) is 27.3 Å². The van der Waals surface area contributed by atoms with Gasteiger partial charge in [-0.2, -0.15) is 0 Å². The number of rotatable bonds is 9. The summed E-state index contributed by atoms with van der Waals surface area (Å²) in [6.45, 7) is 8.95.